The Labute approximate surface area is 130 Å². The summed E-state index contributed by atoms with van der Waals surface area (Å²) in [6.07, 6.45) is 0. The monoisotopic (exact) mass is 323 g/mol. The summed E-state index contributed by atoms with van der Waals surface area (Å²) in [4.78, 5) is 10.8. The molecule has 0 aliphatic heterocycles. The minimum atomic E-state index is 0.484. The number of nitrogens with one attached hydrogen (secondary N) is 1. The minimum Gasteiger partial charge on any atom is -0.350 e. The molecular weight excluding hydrogens is 313 g/mol. The smallest absolute Gasteiger partial charge is 0.225 e. The van der Waals surface area contributed by atoms with E-state index in [0.717, 1.165) is 20.8 Å². The summed E-state index contributed by atoms with van der Waals surface area (Å²) in [6.45, 7) is 2.66. The molecule has 0 unspecified atom stereocenters. The van der Waals surface area contributed by atoms with Gasteiger partial charge in [-0.05, 0) is 30.7 Å². The molecule has 3 aromatic rings. The predicted molar refractivity (Wildman–Crippen MR) is 85.9 cm³/mol. The largest absolute Gasteiger partial charge is 0.350 e. The van der Waals surface area contributed by atoms with E-state index in [0.29, 0.717) is 17.6 Å². The molecule has 0 amide bonds. The SMILES string of the molecule is Cc1cc2c(Cl)nc(NCc3ccc(Cl)cc3)nc2s1. The van der Waals surface area contributed by atoms with Gasteiger partial charge < -0.3 is 5.32 Å². The maximum atomic E-state index is 6.18. The van der Waals surface area contributed by atoms with Gasteiger partial charge in [-0.25, -0.2) is 9.97 Å². The molecule has 20 heavy (non-hydrogen) atoms. The van der Waals surface area contributed by atoms with Crippen LogP contribution in [0, 0.1) is 6.92 Å². The van der Waals surface area contributed by atoms with Crippen molar-refractivity contribution in [3.63, 3.8) is 0 Å². The predicted octanol–water partition coefficient (Wildman–Crippen LogP) is 4.92. The van der Waals surface area contributed by atoms with Gasteiger partial charge in [-0.3, -0.25) is 0 Å². The summed E-state index contributed by atoms with van der Waals surface area (Å²) in [5.41, 5.74) is 1.11. The summed E-state index contributed by atoms with van der Waals surface area (Å²) in [7, 11) is 0. The molecule has 0 atom stereocenters. The van der Waals surface area contributed by atoms with Gasteiger partial charge in [0.05, 0.1) is 0 Å². The Hall–Kier alpha value is -1.36. The number of aromatic nitrogens is 2. The van der Waals surface area contributed by atoms with Crippen molar-refractivity contribution in [3.05, 3.63) is 50.9 Å². The fourth-order valence-corrected chi connectivity index (χ4v) is 3.16. The quantitative estimate of drug-likeness (QED) is 0.695. The Morgan fingerprint density at radius 2 is 1.90 bits per heavy atom. The Kier molecular flexibility index (Phi) is 3.78. The first-order valence-corrected chi connectivity index (χ1v) is 7.61. The second kappa shape index (κ2) is 5.56. The molecule has 0 saturated carbocycles. The number of fused-ring (bicyclic) bond motifs is 1. The van der Waals surface area contributed by atoms with Crippen LogP contribution < -0.4 is 5.32 Å². The van der Waals surface area contributed by atoms with E-state index in [1.165, 1.54) is 4.88 Å². The van der Waals surface area contributed by atoms with E-state index in [2.05, 4.69) is 15.3 Å². The van der Waals surface area contributed by atoms with Gasteiger partial charge in [0.25, 0.3) is 0 Å². The maximum Gasteiger partial charge on any atom is 0.225 e. The fraction of sp³-hybridized carbons (Fsp3) is 0.143. The maximum absolute atomic E-state index is 6.18. The van der Waals surface area contributed by atoms with Crippen molar-refractivity contribution in [2.24, 2.45) is 0 Å². The third-order valence-electron chi connectivity index (χ3n) is 2.83. The van der Waals surface area contributed by atoms with Crippen LogP contribution in [0.3, 0.4) is 0 Å². The van der Waals surface area contributed by atoms with E-state index in [-0.39, 0.29) is 0 Å². The third-order valence-corrected chi connectivity index (χ3v) is 4.32. The average Bonchev–Trinajstić information content (AvgIpc) is 2.79. The highest BCUT2D eigenvalue weighted by molar-refractivity contribution is 7.18. The van der Waals surface area contributed by atoms with Gasteiger partial charge in [0.15, 0.2) is 0 Å². The van der Waals surface area contributed by atoms with Crippen molar-refractivity contribution < 1.29 is 0 Å². The van der Waals surface area contributed by atoms with Crippen LogP contribution in [0.5, 0.6) is 0 Å². The Bertz CT molecular complexity index is 753. The van der Waals surface area contributed by atoms with Crippen LogP contribution in [0.15, 0.2) is 30.3 Å². The summed E-state index contributed by atoms with van der Waals surface area (Å²) in [5, 5.41) is 5.30. The van der Waals surface area contributed by atoms with Gasteiger partial charge in [0, 0.05) is 21.8 Å². The highest BCUT2D eigenvalue weighted by atomic mass is 35.5. The van der Waals surface area contributed by atoms with Crippen molar-refractivity contribution in [2.45, 2.75) is 13.5 Å². The van der Waals surface area contributed by atoms with Crippen LogP contribution in [0.1, 0.15) is 10.4 Å². The van der Waals surface area contributed by atoms with Crippen molar-refractivity contribution in [1.29, 1.82) is 0 Å². The summed E-state index contributed by atoms with van der Waals surface area (Å²) in [5.74, 6) is 0.541. The lowest BCUT2D eigenvalue weighted by Crippen LogP contribution is -2.03. The van der Waals surface area contributed by atoms with E-state index in [9.17, 15) is 0 Å². The molecule has 1 aromatic carbocycles. The Morgan fingerprint density at radius 1 is 1.15 bits per heavy atom. The normalized spacial score (nSPS) is 10.9. The molecule has 2 aromatic heterocycles. The Balaban J connectivity index is 1.82. The molecule has 0 fully saturated rings. The standard InChI is InChI=1S/C14H11Cl2N3S/c1-8-6-11-12(16)18-14(19-13(11)20-8)17-7-9-2-4-10(15)5-3-9/h2-6H,7H2,1H3,(H,17,18,19). The first-order chi connectivity index (χ1) is 9.61. The second-order valence-corrected chi connectivity index (χ2v) is 6.42. The average molecular weight is 324 g/mol. The molecule has 0 spiro atoms. The number of aryl methyl sites for hydroxylation is 1. The molecular formula is C14H11Cl2N3S. The lowest BCUT2D eigenvalue weighted by Gasteiger charge is -2.05. The number of hydrogen-bond donors (Lipinski definition) is 1. The van der Waals surface area contributed by atoms with Crippen LogP contribution in [0.2, 0.25) is 10.2 Å². The molecule has 0 aliphatic rings. The van der Waals surface area contributed by atoms with E-state index >= 15 is 0 Å². The molecule has 0 bridgehead atoms. The van der Waals surface area contributed by atoms with E-state index in [1.54, 1.807) is 11.3 Å². The lowest BCUT2D eigenvalue weighted by molar-refractivity contribution is 1.07. The first kappa shape index (κ1) is 13.6. The van der Waals surface area contributed by atoms with Gasteiger partial charge in [0.1, 0.15) is 9.98 Å². The zero-order valence-electron chi connectivity index (χ0n) is 10.7. The van der Waals surface area contributed by atoms with Crippen LogP contribution >= 0.6 is 34.5 Å². The van der Waals surface area contributed by atoms with Crippen LogP contribution in [-0.4, -0.2) is 9.97 Å². The summed E-state index contributed by atoms with van der Waals surface area (Å²) in [6, 6.07) is 9.65. The molecule has 1 N–H and O–H groups in total. The molecule has 2 heterocycles. The van der Waals surface area contributed by atoms with Gasteiger partial charge in [-0.2, -0.15) is 0 Å². The number of thiophene rings is 1. The van der Waals surface area contributed by atoms with Crippen molar-refractivity contribution in [1.82, 2.24) is 9.97 Å². The first-order valence-electron chi connectivity index (χ1n) is 6.04. The van der Waals surface area contributed by atoms with Crippen LogP contribution in [0.4, 0.5) is 5.95 Å². The number of nitrogens with zero attached hydrogens (tertiary/aromatic N) is 2. The zero-order valence-corrected chi connectivity index (χ0v) is 13.0. The zero-order chi connectivity index (χ0) is 14.1. The van der Waals surface area contributed by atoms with Crippen LogP contribution in [-0.2, 0) is 6.54 Å². The van der Waals surface area contributed by atoms with Gasteiger partial charge in [0.2, 0.25) is 5.95 Å². The van der Waals surface area contributed by atoms with Crippen molar-refractivity contribution in [3.8, 4) is 0 Å². The second-order valence-electron chi connectivity index (χ2n) is 4.39. The highest BCUT2D eigenvalue weighted by Gasteiger charge is 2.08. The minimum absolute atomic E-state index is 0.484. The number of halogens is 2. The number of hydrogen-bond acceptors (Lipinski definition) is 4. The molecule has 3 rings (SSSR count). The molecule has 6 heteroatoms. The van der Waals surface area contributed by atoms with E-state index < -0.39 is 0 Å². The molecule has 0 radical (unpaired) electrons. The fourth-order valence-electron chi connectivity index (χ4n) is 1.87. The molecule has 0 saturated heterocycles. The van der Waals surface area contributed by atoms with E-state index in [4.69, 9.17) is 23.2 Å². The number of anilines is 1. The number of rotatable bonds is 3. The van der Waals surface area contributed by atoms with E-state index in [1.807, 2.05) is 37.3 Å². The van der Waals surface area contributed by atoms with Crippen LogP contribution in [0.25, 0.3) is 10.2 Å². The molecule has 0 aliphatic carbocycles. The topological polar surface area (TPSA) is 37.8 Å². The summed E-state index contributed by atoms with van der Waals surface area (Å²) >= 11 is 13.6. The van der Waals surface area contributed by atoms with Gasteiger partial charge in [-0.1, -0.05) is 35.3 Å². The highest BCUT2D eigenvalue weighted by Crippen LogP contribution is 2.29. The van der Waals surface area contributed by atoms with Crippen molar-refractivity contribution >= 4 is 50.7 Å². The van der Waals surface area contributed by atoms with Gasteiger partial charge >= 0.3 is 0 Å². The molecule has 102 valence electrons. The number of benzene rings is 1. The molecule has 3 nitrogen and oxygen atoms in total. The summed E-state index contributed by atoms with van der Waals surface area (Å²) < 4.78 is 0. The third kappa shape index (κ3) is 2.87. The Morgan fingerprint density at radius 3 is 2.65 bits per heavy atom. The van der Waals surface area contributed by atoms with Crippen molar-refractivity contribution in [2.75, 3.05) is 5.32 Å². The van der Waals surface area contributed by atoms with Gasteiger partial charge in [-0.15, -0.1) is 11.3 Å². The lowest BCUT2D eigenvalue weighted by atomic mass is 10.2.